The third-order valence-electron chi connectivity index (χ3n) is 4.50. The van der Waals surface area contributed by atoms with E-state index >= 15 is 0 Å². The minimum Gasteiger partial charge on any atom is -0.353 e. The predicted molar refractivity (Wildman–Crippen MR) is 91.6 cm³/mol. The van der Waals surface area contributed by atoms with E-state index in [0.717, 1.165) is 11.4 Å². The number of anilines is 1. The van der Waals surface area contributed by atoms with Gasteiger partial charge in [-0.15, -0.1) is 0 Å². The molecule has 7 heteroatoms. The van der Waals surface area contributed by atoms with Crippen LogP contribution in [0.4, 0.5) is 19.0 Å². The molecule has 0 radical (unpaired) electrons. The molecule has 1 aliphatic heterocycles. The van der Waals surface area contributed by atoms with Crippen LogP contribution in [0.15, 0.2) is 18.3 Å². The normalized spacial score (nSPS) is 22.2. The molecule has 0 aliphatic carbocycles. The van der Waals surface area contributed by atoms with Crippen LogP contribution in [0.2, 0.25) is 0 Å². The van der Waals surface area contributed by atoms with Crippen LogP contribution in [-0.4, -0.2) is 47.1 Å². The summed E-state index contributed by atoms with van der Waals surface area (Å²) < 4.78 is 37.6. The zero-order chi connectivity index (χ0) is 19.0. The lowest BCUT2D eigenvalue weighted by Gasteiger charge is -2.45. The van der Waals surface area contributed by atoms with E-state index in [1.165, 1.54) is 4.90 Å². The topological polar surface area (TPSA) is 36.4 Å². The van der Waals surface area contributed by atoms with E-state index in [0.29, 0.717) is 13.1 Å². The summed E-state index contributed by atoms with van der Waals surface area (Å²) in [5.74, 6) is -0.0715. The molecule has 1 fully saturated rings. The predicted octanol–water partition coefficient (Wildman–Crippen LogP) is 3.76. The van der Waals surface area contributed by atoms with Crippen LogP contribution < -0.4 is 4.90 Å². The Bertz CT molecular complexity index is 595. The van der Waals surface area contributed by atoms with Crippen LogP contribution in [0.3, 0.4) is 0 Å². The minimum absolute atomic E-state index is 0.00875. The van der Waals surface area contributed by atoms with E-state index in [-0.39, 0.29) is 17.5 Å². The number of amides is 1. The summed E-state index contributed by atoms with van der Waals surface area (Å²) in [7, 11) is 0. The molecule has 1 aromatic heterocycles. The largest absolute Gasteiger partial charge is 0.397 e. The van der Waals surface area contributed by atoms with Gasteiger partial charge in [-0.05, 0) is 30.9 Å². The second-order valence-electron chi connectivity index (χ2n) is 7.85. The number of alkyl halides is 3. The molecular formula is C18H26F3N3O. The summed E-state index contributed by atoms with van der Waals surface area (Å²) in [6, 6.07) is 3.36. The van der Waals surface area contributed by atoms with Crippen molar-refractivity contribution in [2.24, 2.45) is 0 Å². The highest BCUT2D eigenvalue weighted by molar-refractivity contribution is 5.78. The zero-order valence-corrected chi connectivity index (χ0v) is 15.4. The fraction of sp³-hybridized carbons (Fsp3) is 0.667. The molecule has 0 spiro atoms. The van der Waals surface area contributed by atoms with Gasteiger partial charge in [-0.3, -0.25) is 4.79 Å². The summed E-state index contributed by atoms with van der Waals surface area (Å²) in [6.45, 7) is 10.8. The van der Waals surface area contributed by atoms with Crippen LogP contribution >= 0.6 is 0 Å². The number of piperazine rings is 1. The number of hydrogen-bond donors (Lipinski definition) is 0. The minimum atomic E-state index is -4.47. The van der Waals surface area contributed by atoms with Gasteiger partial charge < -0.3 is 9.80 Å². The fourth-order valence-corrected chi connectivity index (χ4v) is 3.28. The molecule has 0 aromatic carbocycles. The lowest BCUT2D eigenvalue weighted by Crippen LogP contribution is -2.59. The molecule has 25 heavy (non-hydrogen) atoms. The lowest BCUT2D eigenvalue weighted by atomic mass is 9.88. The molecule has 2 rings (SSSR count). The zero-order valence-electron chi connectivity index (χ0n) is 15.4. The maximum absolute atomic E-state index is 12.5. The van der Waals surface area contributed by atoms with Gasteiger partial charge in [0.15, 0.2) is 0 Å². The number of nitrogens with zero attached hydrogens (tertiary/aromatic N) is 3. The molecule has 2 heterocycles. The molecule has 1 saturated heterocycles. The van der Waals surface area contributed by atoms with Gasteiger partial charge in [-0.1, -0.05) is 26.8 Å². The van der Waals surface area contributed by atoms with Gasteiger partial charge in [0, 0.05) is 31.4 Å². The third-order valence-corrected chi connectivity index (χ3v) is 4.50. The first kappa shape index (κ1) is 19.5. The van der Waals surface area contributed by atoms with Crippen molar-refractivity contribution in [1.82, 2.24) is 9.88 Å². The average Bonchev–Trinajstić information content (AvgIpc) is 2.43. The van der Waals surface area contributed by atoms with Gasteiger partial charge in [-0.2, -0.15) is 13.2 Å². The van der Waals surface area contributed by atoms with Gasteiger partial charge in [0.2, 0.25) is 5.91 Å². The number of rotatable bonds is 2. The summed E-state index contributed by atoms with van der Waals surface area (Å²) in [4.78, 5) is 19.9. The molecule has 1 amide bonds. The fourth-order valence-electron chi connectivity index (χ4n) is 3.28. The maximum atomic E-state index is 12.5. The average molecular weight is 357 g/mol. The van der Waals surface area contributed by atoms with Crippen molar-refractivity contribution in [3.05, 3.63) is 23.9 Å². The number of carbonyl (C=O) groups excluding carboxylic acids is 1. The van der Waals surface area contributed by atoms with E-state index in [9.17, 15) is 18.0 Å². The lowest BCUT2D eigenvalue weighted by molar-refractivity contribution is -0.164. The van der Waals surface area contributed by atoms with Crippen molar-refractivity contribution in [2.45, 2.75) is 64.7 Å². The first-order valence-electron chi connectivity index (χ1n) is 8.48. The maximum Gasteiger partial charge on any atom is 0.397 e. The second kappa shape index (κ2) is 6.84. The molecular weight excluding hydrogens is 331 g/mol. The van der Waals surface area contributed by atoms with Gasteiger partial charge >= 0.3 is 6.18 Å². The molecule has 1 aromatic rings. The van der Waals surface area contributed by atoms with Crippen LogP contribution in [0.1, 0.15) is 46.6 Å². The van der Waals surface area contributed by atoms with E-state index in [1.807, 2.05) is 23.2 Å². The SMILES string of the molecule is C[C@@H]1CN(c2ccc(C(C)(C)C)cn2)C[C@H](C)N1C(=O)CC(F)(F)F. The van der Waals surface area contributed by atoms with Crippen LogP contribution in [0.25, 0.3) is 0 Å². The highest BCUT2D eigenvalue weighted by atomic mass is 19.4. The molecule has 0 unspecified atom stereocenters. The van der Waals surface area contributed by atoms with Crippen molar-refractivity contribution >= 4 is 11.7 Å². The first-order valence-corrected chi connectivity index (χ1v) is 8.48. The molecule has 0 bridgehead atoms. The Balaban J connectivity index is 2.10. The van der Waals surface area contributed by atoms with Gasteiger partial charge in [0.25, 0.3) is 0 Å². The molecule has 4 nitrogen and oxygen atoms in total. The van der Waals surface area contributed by atoms with Crippen molar-refractivity contribution in [2.75, 3.05) is 18.0 Å². The van der Waals surface area contributed by atoms with Gasteiger partial charge in [0.1, 0.15) is 12.2 Å². The Morgan fingerprint density at radius 2 is 1.72 bits per heavy atom. The Labute approximate surface area is 147 Å². The quantitative estimate of drug-likeness (QED) is 0.809. The smallest absolute Gasteiger partial charge is 0.353 e. The number of hydrogen-bond acceptors (Lipinski definition) is 3. The van der Waals surface area contributed by atoms with E-state index in [2.05, 4.69) is 25.8 Å². The van der Waals surface area contributed by atoms with Crippen molar-refractivity contribution in [3.63, 3.8) is 0 Å². The highest BCUT2D eigenvalue weighted by Crippen LogP contribution is 2.27. The van der Waals surface area contributed by atoms with Crippen LogP contribution in [-0.2, 0) is 10.2 Å². The summed E-state index contributed by atoms with van der Waals surface area (Å²) in [6.07, 6.45) is -4.04. The second-order valence-corrected chi connectivity index (χ2v) is 7.85. The Morgan fingerprint density at radius 1 is 1.16 bits per heavy atom. The number of carbonyl (C=O) groups is 1. The molecule has 1 aliphatic rings. The number of halogens is 3. The summed E-state index contributed by atoms with van der Waals surface area (Å²) in [5, 5.41) is 0. The number of pyridine rings is 1. The Kier molecular flexibility index (Phi) is 5.35. The van der Waals surface area contributed by atoms with Gasteiger partial charge in [0.05, 0.1) is 0 Å². The standard InChI is InChI=1S/C18H26F3N3O/c1-12-10-23(15-7-6-14(9-22-15)17(3,4)5)11-13(2)24(12)16(25)8-18(19,20)21/h6-7,9,12-13H,8,10-11H2,1-5H3/t12-,13+. The van der Waals surface area contributed by atoms with E-state index < -0.39 is 18.5 Å². The van der Waals surface area contributed by atoms with Crippen molar-refractivity contribution in [3.8, 4) is 0 Å². The highest BCUT2D eigenvalue weighted by Gasteiger charge is 2.39. The molecule has 0 saturated carbocycles. The Morgan fingerprint density at radius 3 is 2.12 bits per heavy atom. The Hall–Kier alpha value is -1.79. The number of aromatic nitrogens is 1. The first-order chi connectivity index (χ1) is 11.4. The molecule has 2 atom stereocenters. The van der Waals surface area contributed by atoms with Crippen molar-refractivity contribution in [1.29, 1.82) is 0 Å². The van der Waals surface area contributed by atoms with E-state index in [1.54, 1.807) is 13.8 Å². The van der Waals surface area contributed by atoms with Crippen molar-refractivity contribution < 1.29 is 18.0 Å². The molecule has 0 N–H and O–H groups in total. The third kappa shape index (κ3) is 4.86. The van der Waals surface area contributed by atoms with Crippen LogP contribution in [0, 0.1) is 0 Å². The molecule has 140 valence electrons. The summed E-state index contributed by atoms with van der Waals surface area (Å²) >= 11 is 0. The van der Waals surface area contributed by atoms with Gasteiger partial charge in [-0.25, -0.2) is 4.98 Å². The van der Waals surface area contributed by atoms with Crippen LogP contribution in [0.5, 0.6) is 0 Å². The summed E-state index contributed by atoms with van der Waals surface area (Å²) in [5.41, 5.74) is 1.13. The van der Waals surface area contributed by atoms with E-state index in [4.69, 9.17) is 0 Å². The monoisotopic (exact) mass is 357 g/mol.